The standard InChI is InChI=1S/C10H20N2O/c1-5-12(7-9(2)6-11)8-10(3)13-4/h9-10H,5,7-8H2,1-4H3. The van der Waals surface area contributed by atoms with Gasteiger partial charge in [0.25, 0.3) is 0 Å². The van der Waals surface area contributed by atoms with Gasteiger partial charge in [-0.25, -0.2) is 0 Å². The Bertz CT molecular complexity index is 165. The second kappa shape index (κ2) is 6.88. The molecule has 0 N–H and O–H groups in total. The van der Waals surface area contributed by atoms with E-state index in [9.17, 15) is 0 Å². The van der Waals surface area contributed by atoms with Gasteiger partial charge >= 0.3 is 0 Å². The largest absolute Gasteiger partial charge is 0.380 e. The highest BCUT2D eigenvalue weighted by Gasteiger charge is 2.10. The van der Waals surface area contributed by atoms with Crippen LogP contribution in [0, 0.1) is 17.2 Å². The molecule has 0 aliphatic rings. The predicted octanol–water partition coefficient (Wildman–Crippen LogP) is 1.50. The fourth-order valence-electron chi connectivity index (χ4n) is 1.20. The van der Waals surface area contributed by atoms with Crippen molar-refractivity contribution in [2.45, 2.75) is 26.9 Å². The maximum atomic E-state index is 8.66. The predicted molar refractivity (Wildman–Crippen MR) is 53.4 cm³/mol. The minimum atomic E-state index is 0.101. The summed E-state index contributed by atoms with van der Waals surface area (Å²) in [4.78, 5) is 2.24. The molecule has 0 spiro atoms. The van der Waals surface area contributed by atoms with E-state index in [0.717, 1.165) is 19.6 Å². The van der Waals surface area contributed by atoms with Gasteiger partial charge in [0.15, 0.2) is 0 Å². The highest BCUT2D eigenvalue weighted by Crippen LogP contribution is 2.00. The summed E-state index contributed by atoms with van der Waals surface area (Å²) < 4.78 is 5.17. The molecule has 76 valence electrons. The van der Waals surface area contributed by atoms with Crippen LogP contribution in [0.4, 0.5) is 0 Å². The van der Waals surface area contributed by atoms with Gasteiger partial charge in [-0.2, -0.15) is 5.26 Å². The molecule has 0 aromatic rings. The van der Waals surface area contributed by atoms with E-state index in [4.69, 9.17) is 10.00 Å². The van der Waals surface area contributed by atoms with Crippen LogP contribution in [0.15, 0.2) is 0 Å². The summed E-state index contributed by atoms with van der Waals surface area (Å²) in [5, 5.41) is 8.66. The minimum Gasteiger partial charge on any atom is -0.380 e. The number of nitrogens with zero attached hydrogens (tertiary/aromatic N) is 2. The molecule has 0 aliphatic heterocycles. The first-order valence-electron chi connectivity index (χ1n) is 4.78. The first-order valence-corrected chi connectivity index (χ1v) is 4.78. The van der Waals surface area contributed by atoms with Crippen molar-refractivity contribution in [3.05, 3.63) is 0 Å². The van der Waals surface area contributed by atoms with Crippen molar-refractivity contribution in [3.8, 4) is 6.07 Å². The molecular weight excluding hydrogens is 164 g/mol. The SMILES string of the molecule is CCN(CC(C)C#N)CC(C)OC. The lowest BCUT2D eigenvalue weighted by molar-refractivity contribution is 0.0763. The number of likely N-dealkylation sites (N-methyl/N-ethyl adjacent to an activating group) is 1. The van der Waals surface area contributed by atoms with Gasteiger partial charge < -0.3 is 4.74 Å². The molecule has 0 radical (unpaired) electrons. The summed E-state index contributed by atoms with van der Waals surface area (Å²) in [5.74, 6) is 0.101. The quantitative estimate of drug-likeness (QED) is 0.627. The number of ether oxygens (including phenoxy) is 1. The van der Waals surface area contributed by atoms with Crippen molar-refractivity contribution in [1.29, 1.82) is 5.26 Å². The lowest BCUT2D eigenvalue weighted by atomic mass is 10.2. The van der Waals surface area contributed by atoms with Crippen LogP contribution in [0.1, 0.15) is 20.8 Å². The Kier molecular flexibility index (Phi) is 6.56. The Balaban J connectivity index is 3.83. The Labute approximate surface area is 81.3 Å². The second-order valence-corrected chi connectivity index (χ2v) is 3.43. The zero-order valence-electron chi connectivity index (χ0n) is 9.08. The topological polar surface area (TPSA) is 36.3 Å². The van der Waals surface area contributed by atoms with Gasteiger partial charge in [0.05, 0.1) is 18.1 Å². The number of hydrogen-bond donors (Lipinski definition) is 0. The molecule has 13 heavy (non-hydrogen) atoms. The molecule has 2 atom stereocenters. The number of rotatable bonds is 6. The van der Waals surface area contributed by atoms with Crippen molar-refractivity contribution in [3.63, 3.8) is 0 Å². The van der Waals surface area contributed by atoms with E-state index < -0.39 is 0 Å². The van der Waals surface area contributed by atoms with Crippen LogP contribution in [0.25, 0.3) is 0 Å². The van der Waals surface area contributed by atoms with Gasteiger partial charge in [0.1, 0.15) is 0 Å². The number of hydrogen-bond acceptors (Lipinski definition) is 3. The van der Waals surface area contributed by atoms with Crippen molar-refractivity contribution in [1.82, 2.24) is 4.90 Å². The van der Waals surface area contributed by atoms with E-state index in [1.54, 1.807) is 7.11 Å². The fraction of sp³-hybridized carbons (Fsp3) is 0.900. The molecule has 0 saturated carbocycles. The second-order valence-electron chi connectivity index (χ2n) is 3.43. The average molecular weight is 184 g/mol. The van der Waals surface area contributed by atoms with Crippen LogP contribution in [-0.4, -0.2) is 37.7 Å². The normalized spacial score (nSPS) is 15.4. The van der Waals surface area contributed by atoms with Crippen molar-refractivity contribution in [2.75, 3.05) is 26.7 Å². The smallest absolute Gasteiger partial charge is 0.0670 e. The lowest BCUT2D eigenvalue weighted by Crippen LogP contribution is -2.34. The Morgan fingerprint density at radius 1 is 1.38 bits per heavy atom. The monoisotopic (exact) mass is 184 g/mol. The van der Waals surface area contributed by atoms with Gasteiger partial charge in [-0.15, -0.1) is 0 Å². The van der Waals surface area contributed by atoms with E-state index >= 15 is 0 Å². The first kappa shape index (κ1) is 12.4. The van der Waals surface area contributed by atoms with E-state index in [1.165, 1.54) is 0 Å². The van der Waals surface area contributed by atoms with Gasteiger partial charge in [0, 0.05) is 20.2 Å². The summed E-state index contributed by atoms with van der Waals surface area (Å²) in [6.45, 7) is 8.80. The molecule has 0 amide bonds. The molecule has 3 heteroatoms. The van der Waals surface area contributed by atoms with E-state index in [1.807, 2.05) is 13.8 Å². The number of nitriles is 1. The molecule has 0 bridgehead atoms. The van der Waals surface area contributed by atoms with Crippen LogP contribution in [-0.2, 0) is 4.74 Å². The van der Waals surface area contributed by atoms with Gasteiger partial charge in [-0.1, -0.05) is 6.92 Å². The molecule has 3 nitrogen and oxygen atoms in total. The Hall–Kier alpha value is -0.590. The van der Waals surface area contributed by atoms with Crippen LogP contribution < -0.4 is 0 Å². The fourth-order valence-corrected chi connectivity index (χ4v) is 1.20. The highest BCUT2D eigenvalue weighted by molar-refractivity contribution is 4.81. The highest BCUT2D eigenvalue weighted by atomic mass is 16.5. The van der Waals surface area contributed by atoms with Crippen molar-refractivity contribution < 1.29 is 4.74 Å². The molecule has 0 fully saturated rings. The van der Waals surface area contributed by atoms with E-state index in [-0.39, 0.29) is 12.0 Å². The van der Waals surface area contributed by atoms with Gasteiger partial charge in [0.2, 0.25) is 0 Å². The zero-order chi connectivity index (χ0) is 10.3. The lowest BCUT2D eigenvalue weighted by Gasteiger charge is -2.24. The molecule has 0 aromatic carbocycles. The molecule has 0 aliphatic carbocycles. The van der Waals surface area contributed by atoms with Gasteiger partial charge in [-0.3, -0.25) is 4.90 Å². The number of methoxy groups -OCH3 is 1. The molecule has 0 aromatic heterocycles. The summed E-state index contributed by atoms with van der Waals surface area (Å²) in [5.41, 5.74) is 0. The molecule has 2 unspecified atom stereocenters. The van der Waals surface area contributed by atoms with Crippen LogP contribution >= 0.6 is 0 Å². The third-order valence-electron chi connectivity index (χ3n) is 2.12. The molecule has 0 rings (SSSR count). The summed E-state index contributed by atoms with van der Waals surface area (Å²) >= 11 is 0. The van der Waals surface area contributed by atoms with Crippen LogP contribution in [0.2, 0.25) is 0 Å². The van der Waals surface area contributed by atoms with E-state index in [0.29, 0.717) is 0 Å². The van der Waals surface area contributed by atoms with Crippen LogP contribution in [0.3, 0.4) is 0 Å². The summed E-state index contributed by atoms with van der Waals surface area (Å²) in [7, 11) is 1.71. The summed E-state index contributed by atoms with van der Waals surface area (Å²) in [6, 6.07) is 2.24. The van der Waals surface area contributed by atoms with Gasteiger partial charge in [-0.05, 0) is 20.4 Å². The third kappa shape index (κ3) is 5.62. The maximum absolute atomic E-state index is 8.66. The van der Waals surface area contributed by atoms with Crippen molar-refractivity contribution in [2.24, 2.45) is 5.92 Å². The zero-order valence-corrected chi connectivity index (χ0v) is 9.08. The van der Waals surface area contributed by atoms with E-state index in [2.05, 4.69) is 17.9 Å². The Morgan fingerprint density at radius 2 is 2.00 bits per heavy atom. The summed E-state index contributed by atoms with van der Waals surface area (Å²) in [6.07, 6.45) is 0.242. The molecular formula is C10H20N2O. The van der Waals surface area contributed by atoms with Crippen LogP contribution in [0.5, 0.6) is 0 Å². The first-order chi connectivity index (χ1) is 6.13. The molecule has 0 saturated heterocycles. The minimum absolute atomic E-state index is 0.101. The third-order valence-corrected chi connectivity index (χ3v) is 2.12. The average Bonchev–Trinajstić information content (AvgIpc) is 2.16. The molecule has 0 heterocycles. The van der Waals surface area contributed by atoms with Crippen molar-refractivity contribution >= 4 is 0 Å². The Morgan fingerprint density at radius 3 is 2.38 bits per heavy atom. The maximum Gasteiger partial charge on any atom is 0.0670 e.